The van der Waals surface area contributed by atoms with Gasteiger partial charge in [-0.2, -0.15) is 0 Å². The summed E-state index contributed by atoms with van der Waals surface area (Å²) in [4.78, 5) is 2.16. The van der Waals surface area contributed by atoms with Gasteiger partial charge in [-0.25, -0.2) is 0 Å². The van der Waals surface area contributed by atoms with E-state index in [2.05, 4.69) is 26.7 Å². The maximum atomic E-state index is 5.56. The van der Waals surface area contributed by atoms with Crippen LogP contribution in [0.15, 0.2) is 16.5 Å². The number of hydrogen-bond donors (Lipinski definition) is 1. The van der Waals surface area contributed by atoms with Crippen molar-refractivity contribution in [2.24, 2.45) is 0 Å². The largest absolute Gasteiger partial charge is 0.465 e. The topological polar surface area (TPSA) is 54.2 Å². The highest BCUT2D eigenvalue weighted by Crippen LogP contribution is 2.19. The SMILES string of the molecule is CCNc1snnc1CN(C)Cc1ccc(C)o1. The molecule has 0 aliphatic heterocycles. The summed E-state index contributed by atoms with van der Waals surface area (Å²) in [7, 11) is 2.05. The number of hydrogen-bond acceptors (Lipinski definition) is 6. The van der Waals surface area contributed by atoms with E-state index in [-0.39, 0.29) is 0 Å². The van der Waals surface area contributed by atoms with Gasteiger partial charge in [0.15, 0.2) is 0 Å². The lowest BCUT2D eigenvalue weighted by Gasteiger charge is -2.14. The van der Waals surface area contributed by atoms with Gasteiger partial charge in [0.05, 0.1) is 6.54 Å². The minimum Gasteiger partial charge on any atom is -0.465 e. The molecule has 6 heteroatoms. The third kappa shape index (κ3) is 3.30. The molecule has 0 amide bonds. The van der Waals surface area contributed by atoms with Crippen LogP contribution in [0, 0.1) is 6.92 Å². The van der Waals surface area contributed by atoms with Crippen molar-refractivity contribution in [3.05, 3.63) is 29.3 Å². The number of rotatable bonds is 6. The molecule has 2 aromatic heterocycles. The van der Waals surface area contributed by atoms with Gasteiger partial charge in [-0.1, -0.05) is 4.49 Å². The van der Waals surface area contributed by atoms with Crippen LogP contribution in [0.25, 0.3) is 0 Å². The van der Waals surface area contributed by atoms with Crippen molar-refractivity contribution in [2.75, 3.05) is 18.9 Å². The van der Waals surface area contributed by atoms with Gasteiger partial charge in [0.1, 0.15) is 22.2 Å². The van der Waals surface area contributed by atoms with Gasteiger partial charge in [0.2, 0.25) is 0 Å². The molecule has 18 heavy (non-hydrogen) atoms. The smallest absolute Gasteiger partial charge is 0.134 e. The zero-order chi connectivity index (χ0) is 13.0. The van der Waals surface area contributed by atoms with Crippen LogP contribution in [0.2, 0.25) is 0 Å². The van der Waals surface area contributed by atoms with Crippen LogP contribution in [0.5, 0.6) is 0 Å². The van der Waals surface area contributed by atoms with Crippen molar-refractivity contribution >= 4 is 16.5 Å². The molecule has 2 aromatic rings. The second-order valence-electron chi connectivity index (χ2n) is 4.26. The van der Waals surface area contributed by atoms with E-state index in [1.54, 1.807) is 0 Å². The molecule has 1 N–H and O–H groups in total. The summed E-state index contributed by atoms with van der Waals surface area (Å²) in [5, 5.41) is 8.48. The Morgan fingerprint density at radius 1 is 1.39 bits per heavy atom. The first-order valence-electron chi connectivity index (χ1n) is 5.98. The number of nitrogens with zero attached hydrogens (tertiary/aromatic N) is 3. The quantitative estimate of drug-likeness (QED) is 0.870. The summed E-state index contributed by atoms with van der Waals surface area (Å²) in [5.41, 5.74) is 0.993. The average Bonchev–Trinajstić information content (AvgIpc) is 2.90. The standard InChI is InChI=1S/C12H18N4OS/c1-4-13-12-11(14-15-18-12)8-16(3)7-10-6-5-9(2)17-10/h5-6,13H,4,7-8H2,1-3H3. The molecular weight excluding hydrogens is 248 g/mol. The van der Waals surface area contributed by atoms with Gasteiger partial charge >= 0.3 is 0 Å². The van der Waals surface area contributed by atoms with E-state index in [1.807, 2.05) is 26.1 Å². The molecule has 0 aliphatic carbocycles. The van der Waals surface area contributed by atoms with E-state index in [4.69, 9.17) is 4.42 Å². The van der Waals surface area contributed by atoms with E-state index < -0.39 is 0 Å². The lowest BCUT2D eigenvalue weighted by Crippen LogP contribution is -2.18. The Bertz CT molecular complexity index is 494. The van der Waals surface area contributed by atoms with Crippen LogP contribution in [0.3, 0.4) is 0 Å². The third-order valence-corrected chi connectivity index (χ3v) is 3.26. The second-order valence-corrected chi connectivity index (χ2v) is 5.02. The highest BCUT2D eigenvalue weighted by Gasteiger charge is 2.11. The first-order valence-corrected chi connectivity index (χ1v) is 6.75. The third-order valence-electron chi connectivity index (χ3n) is 2.53. The molecule has 0 aliphatic rings. The fourth-order valence-electron chi connectivity index (χ4n) is 1.75. The molecular formula is C12H18N4OS. The molecule has 0 saturated heterocycles. The first kappa shape index (κ1) is 13.0. The maximum absolute atomic E-state index is 5.56. The first-order chi connectivity index (χ1) is 8.69. The number of furan rings is 1. The van der Waals surface area contributed by atoms with Crippen LogP contribution in [0.1, 0.15) is 24.1 Å². The Kier molecular flexibility index (Phi) is 4.33. The number of aromatic nitrogens is 2. The lowest BCUT2D eigenvalue weighted by atomic mass is 10.3. The van der Waals surface area contributed by atoms with E-state index in [1.165, 1.54) is 11.5 Å². The summed E-state index contributed by atoms with van der Waals surface area (Å²) in [6.45, 7) is 6.45. The maximum Gasteiger partial charge on any atom is 0.134 e. The molecule has 2 rings (SSSR count). The summed E-state index contributed by atoms with van der Waals surface area (Å²) < 4.78 is 9.54. The monoisotopic (exact) mass is 266 g/mol. The minimum atomic E-state index is 0.762. The van der Waals surface area contributed by atoms with Crippen LogP contribution < -0.4 is 5.32 Å². The predicted octanol–water partition coefficient (Wildman–Crippen LogP) is 2.50. The molecule has 0 atom stereocenters. The van der Waals surface area contributed by atoms with Gasteiger partial charge in [-0.15, -0.1) is 5.10 Å². The summed E-state index contributed by atoms with van der Waals surface area (Å²) in [5.74, 6) is 1.92. The zero-order valence-electron chi connectivity index (χ0n) is 10.9. The Labute approximate surface area is 111 Å². The van der Waals surface area contributed by atoms with Gasteiger partial charge < -0.3 is 9.73 Å². The van der Waals surface area contributed by atoms with Crippen LogP contribution in [0.4, 0.5) is 5.00 Å². The molecule has 5 nitrogen and oxygen atoms in total. The fourth-order valence-corrected chi connectivity index (χ4v) is 2.40. The number of anilines is 1. The Morgan fingerprint density at radius 2 is 2.22 bits per heavy atom. The lowest BCUT2D eigenvalue weighted by molar-refractivity contribution is 0.282. The van der Waals surface area contributed by atoms with Crippen molar-refractivity contribution in [1.29, 1.82) is 0 Å². The van der Waals surface area contributed by atoms with Crippen LogP contribution in [-0.4, -0.2) is 28.1 Å². The summed E-state index contributed by atoms with van der Waals surface area (Å²) >= 11 is 1.40. The fraction of sp³-hybridized carbons (Fsp3) is 0.500. The molecule has 98 valence electrons. The predicted molar refractivity (Wildman–Crippen MR) is 72.7 cm³/mol. The molecule has 2 heterocycles. The highest BCUT2D eigenvalue weighted by molar-refractivity contribution is 7.10. The molecule has 0 bridgehead atoms. The Balaban J connectivity index is 1.94. The number of aryl methyl sites for hydroxylation is 1. The van der Waals surface area contributed by atoms with Gasteiger partial charge in [-0.3, -0.25) is 4.90 Å². The highest BCUT2D eigenvalue weighted by atomic mass is 32.1. The van der Waals surface area contributed by atoms with Crippen molar-refractivity contribution in [2.45, 2.75) is 26.9 Å². The minimum absolute atomic E-state index is 0.762. The van der Waals surface area contributed by atoms with E-state index in [0.717, 1.165) is 41.8 Å². The van der Waals surface area contributed by atoms with Crippen LogP contribution in [-0.2, 0) is 13.1 Å². The number of nitrogens with one attached hydrogen (secondary N) is 1. The Hall–Kier alpha value is -1.40. The van der Waals surface area contributed by atoms with Gasteiger partial charge in [0.25, 0.3) is 0 Å². The summed E-state index contributed by atoms with van der Waals surface area (Å²) in [6.07, 6.45) is 0. The van der Waals surface area contributed by atoms with Crippen molar-refractivity contribution in [1.82, 2.24) is 14.5 Å². The normalized spacial score (nSPS) is 11.1. The van der Waals surface area contributed by atoms with E-state index in [0.29, 0.717) is 0 Å². The summed E-state index contributed by atoms with van der Waals surface area (Å²) in [6, 6.07) is 3.99. The second kappa shape index (κ2) is 5.97. The molecule has 0 saturated carbocycles. The molecule has 0 radical (unpaired) electrons. The molecule has 0 spiro atoms. The molecule has 0 fully saturated rings. The van der Waals surface area contributed by atoms with E-state index in [9.17, 15) is 0 Å². The van der Waals surface area contributed by atoms with Crippen molar-refractivity contribution in [3.8, 4) is 0 Å². The van der Waals surface area contributed by atoms with E-state index >= 15 is 0 Å². The van der Waals surface area contributed by atoms with Gasteiger partial charge in [0, 0.05) is 24.6 Å². The average molecular weight is 266 g/mol. The van der Waals surface area contributed by atoms with Gasteiger partial charge in [-0.05, 0) is 33.0 Å². The van der Waals surface area contributed by atoms with Crippen LogP contribution >= 0.6 is 11.5 Å². The van der Waals surface area contributed by atoms with Crippen molar-refractivity contribution in [3.63, 3.8) is 0 Å². The Morgan fingerprint density at radius 3 is 2.89 bits per heavy atom. The van der Waals surface area contributed by atoms with Crippen molar-refractivity contribution < 1.29 is 4.42 Å². The zero-order valence-corrected chi connectivity index (χ0v) is 11.8. The molecule has 0 aromatic carbocycles. The molecule has 0 unspecified atom stereocenters.